The second-order valence-electron chi connectivity index (χ2n) is 7.15. The first-order valence-corrected chi connectivity index (χ1v) is 11.5. The highest BCUT2D eigenvalue weighted by Crippen LogP contribution is 2.26. The van der Waals surface area contributed by atoms with Crippen LogP contribution in [0.1, 0.15) is 24.0 Å². The van der Waals surface area contributed by atoms with Crippen LogP contribution in [0.2, 0.25) is 5.02 Å². The number of anilines is 1. The van der Waals surface area contributed by atoms with Crippen molar-refractivity contribution < 1.29 is 19.1 Å². The van der Waals surface area contributed by atoms with E-state index in [0.717, 1.165) is 15.6 Å². The van der Waals surface area contributed by atoms with Gasteiger partial charge in [-0.25, -0.2) is 5.43 Å². The molecule has 0 fully saturated rings. The van der Waals surface area contributed by atoms with Crippen molar-refractivity contribution >= 4 is 51.2 Å². The molecule has 0 saturated carbocycles. The third kappa shape index (κ3) is 7.90. The number of halogens is 2. The third-order valence-corrected chi connectivity index (χ3v) is 5.50. The highest BCUT2D eigenvalue weighted by Gasteiger charge is 2.09. The van der Waals surface area contributed by atoms with Crippen molar-refractivity contribution in [3.8, 4) is 11.5 Å². The largest absolute Gasteiger partial charge is 0.495 e. The van der Waals surface area contributed by atoms with Gasteiger partial charge in [0.05, 0.1) is 23.5 Å². The lowest BCUT2D eigenvalue weighted by Gasteiger charge is -2.09. The Labute approximate surface area is 211 Å². The Morgan fingerprint density at radius 1 is 1.00 bits per heavy atom. The second kappa shape index (κ2) is 12.8. The number of nitrogens with zero attached hydrogens (tertiary/aromatic N) is 1. The predicted octanol–water partition coefficient (Wildman–Crippen LogP) is 5.56. The zero-order chi connectivity index (χ0) is 24.3. The molecule has 0 spiro atoms. The number of rotatable bonds is 10. The maximum Gasteiger partial charge on any atom is 0.240 e. The van der Waals surface area contributed by atoms with E-state index in [4.69, 9.17) is 21.1 Å². The molecule has 0 aliphatic carbocycles. The molecule has 3 aromatic rings. The summed E-state index contributed by atoms with van der Waals surface area (Å²) in [7, 11) is 1.52. The Bertz CT molecular complexity index is 1170. The maximum atomic E-state index is 12.1. The van der Waals surface area contributed by atoms with Crippen LogP contribution in [-0.4, -0.2) is 25.1 Å². The number of para-hydroxylation sites is 2. The van der Waals surface area contributed by atoms with Crippen LogP contribution in [-0.2, 0) is 16.2 Å². The lowest BCUT2D eigenvalue weighted by atomic mass is 10.2. The summed E-state index contributed by atoms with van der Waals surface area (Å²) in [5, 5.41) is 7.36. The molecule has 7 nitrogen and oxygen atoms in total. The van der Waals surface area contributed by atoms with Gasteiger partial charge in [0.1, 0.15) is 18.1 Å². The van der Waals surface area contributed by atoms with Crippen LogP contribution in [0.15, 0.2) is 76.3 Å². The van der Waals surface area contributed by atoms with Crippen LogP contribution in [0, 0.1) is 0 Å². The Balaban J connectivity index is 1.43. The first-order chi connectivity index (χ1) is 16.4. The molecule has 0 bridgehead atoms. The SMILES string of the molecule is COc1ccccc1NC(=O)CCC(=O)NN=Cc1ccc(OCc2ccc(Cl)cc2)c(Br)c1. The maximum absolute atomic E-state index is 12.1. The van der Waals surface area contributed by atoms with E-state index in [1.54, 1.807) is 24.3 Å². The Hall–Kier alpha value is -3.36. The van der Waals surface area contributed by atoms with Crippen molar-refractivity contribution in [2.75, 3.05) is 12.4 Å². The molecule has 2 amide bonds. The predicted molar refractivity (Wildman–Crippen MR) is 137 cm³/mol. The van der Waals surface area contributed by atoms with Crippen molar-refractivity contribution in [3.05, 3.63) is 87.4 Å². The molecule has 3 rings (SSSR count). The summed E-state index contributed by atoms with van der Waals surface area (Å²) in [5.41, 5.74) is 4.75. The number of methoxy groups -OCH3 is 1. The quantitative estimate of drug-likeness (QED) is 0.258. The summed E-state index contributed by atoms with van der Waals surface area (Å²) in [6.07, 6.45) is 1.53. The zero-order valence-corrected chi connectivity index (χ0v) is 20.7. The number of carbonyl (C=O) groups is 2. The van der Waals surface area contributed by atoms with Crippen LogP contribution < -0.4 is 20.2 Å². The van der Waals surface area contributed by atoms with Gasteiger partial charge >= 0.3 is 0 Å². The van der Waals surface area contributed by atoms with Gasteiger partial charge in [-0.15, -0.1) is 0 Å². The Morgan fingerprint density at radius 3 is 2.47 bits per heavy atom. The highest BCUT2D eigenvalue weighted by molar-refractivity contribution is 9.10. The van der Waals surface area contributed by atoms with Crippen LogP contribution >= 0.6 is 27.5 Å². The number of hydrazone groups is 1. The Kier molecular flexibility index (Phi) is 9.49. The van der Waals surface area contributed by atoms with E-state index in [1.165, 1.54) is 13.3 Å². The van der Waals surface area contributed by atoms with Crippen LogP contribution in [0.5, 0.6) is 11.5 Å². The monoisotopic (exact) mass is 543 g/mol. The van der Waals surface area contributed by atoms with Crippen molar-refractivity contribution in [1.29, 1.82) is 0 Å². The molecule has 2 N–H and O–H groups in total. The number of hydrogen-bond acceptors (Lipinski definition) is 5. The molecule has 34 heavy (non-hydrogen) atoms. The molecule has 9 heteroatoms. The van der Waals surface area contributed by atoms with Crippen molar-refractivity contribution in [1.82, 2.24) is 5.43 Å². The minimum Gasteiger partial charge on any atom is -0.495 e. The number of hydrogen-bond donors (Lipinski definition) is 2. The molecule has 0 radical (unpaired) electrons. The number of carbonyl (C=O) groups excluding carboxylic acids is 2. The molecule has 0 aliphatic rings. The summed E-state index contributed by atoms with van der Waals surface area (Å²) in [6, 6.07) is 20.0. The van der Waals surface area contributed by atoms with Gasteiger partial charge in [0.2, 0.25) is 11.8 Å². The third-order valence-electron chi connectivity index (χ3n) is 4.63. The lowest BCUT2D eigenvalue weighted by molar-refractivity contribution is -0.124. The molecular formula is C25H23BrClN3O4. The first kappa shape index (κ1) is 25.3. The van der Waals surface area contributed by atoms with Gasteiger partial charge in [0.25, 0.3) is 0 Å². The smallest absolute Gasteiger partial charge is 0.240 e. The van der Waals surface area contributed by atoms with Gasteiger partial charge in [0, 0.05) is 17.9 Å². The van der Waals surface area contributed by atoms with E-state index in [2.05, 4.69) is 31.8 Å². The molecular weight excluding hydrogens is 522 g/mol. The second-order valence-corrected chi connectivity index (χ2v) is 8.44. The standard InChI is InChI=1S/C25H23BrClN3O4/c1-33-23-5-3-2-4-21(23)29-24(31)12-13-25(32)30-28-15-18-8-11-22(20(26)14-18)34-16-17-6-9-19(27)10-7-17/h2-11,14-15H,12-13,16H2,1H3,(H,29,31)(H,30,32). The molecule has 0 aliphatic heterocycles. The van der Waals surface area contributed by atoms with Gasteiger partial charge < -0.3 is 14.8 Å². The number of amides is 2. The van der Waals surface area contributed by atoms with Gasteiger partial charge in [-0.05, 0) is 69.5 Å². The average Bonchev–Trinajstić information content (AvgIpc) is 2.83. The zero-order valence-electron chi connectivity index (χ0n) is 18.4. The summed E-state index contributed by atoms with van der Waals surface area (Å²) < 4.78 is 11.8. The van der Waals surface area contributed by atoms with E-state index in [9.17, 15) is 9.59 Å². The van der Waals surface area contributed by atoms with Gasteiger partial charge in [-0.3, -0.25) is 9.59 Å². The summed E-state index contributed by atoms with van der Waals surface area (Å²) in [4.78, 5) is 24.1. The summed E-state index contributed by atoms with van der Waals surface area (Å²) in [5.74, 6) is 0.574. The fraction of sp³-hybridized carbons (Fsp3) is 0.160. The summed E-state index contributed by atoms with van der Waals surface area (Å²) >= 11 is 9.38. The average molecular weight is 545 g/mol. The fourth-order valence-corrected chi connectivity index (χ4v) is 3.52. The van der Waals surface area contributed by atoms with Gasteiger partial charge in [-0.2, -0.15) is 5.10 Å². The molecule has 0 atom stereocenters. The molecule has 176 valence electrons. The van der Waals surface area contributed by atoms with Crippen LogP contribution in [0.25, 0.3) is 0 Å². The first-order valence-electron chi connectivity index (χ1n) is 10.4. The van der Waals surface area contributed by atoms with Crippen molar-refractivity contribution in [2.24, 2.45) is 5.10 Å². The number of nitrogens with one attached hydrogen (secondary N) is 2. The number of benzene rings is 3. The highest BCUT2D eigenvalue weighted by atomic mass is 79.9. The van der Waals surface area contributed by atoms with E-state index < -0.39 is 0 Å². The lowest BCUT2D eigenvalue weighted by Crippen LogP contribution is -2.20. The van der Waals surface area contributed by atoms with Crippen molar-refractivity contribution in [3.63, 3.8) is 0 Å². The molecule has 3 aromatic carbocycles. The van der Waals surface area contributed by atoms with Crippen LogP contribution in [0.3, 0.4) is 0 Å². The minimum absolute atomic E-state index is 0.000503. The van der Waals surface area contributed by atoms with Crippen molar-refractivity contribution in [2.45, 2.75) is 19.4 Å². The molecule has 0 saturated heterocycles. The number of ether oxygens (including phenoxy) is 2. The minimum atomic E-state index is -0.367. The molecule has 0 heterocycles. The molecule has 0 aromatic heterocycles. The summed E-state index contributed by atoms with van der Waals surface area (Å²) in [6.45, 7) is 0.407. The molecule has 0 unspecified atom stereocenters. The normalized spacial score (nSPS) is 10.7. The van der Waals surface area contributed by atoms with E-state index >= 15 is 0 Å². The van der Waals surface area contributed by atoms with E-state index in [1.807, 2.05) is 42.5 Å². The topological polar surface area (TPSA) is 89.0 Å². The fourth-order valence-electron chi connectivity index (χ4n) is 2.88. The van der Waals surface area contributed by atoms with Gasteiger partial charge in [0.15, 0.2) is 0 Å². The van der Waals surface area contributed by atoms with Crippen LogP contribution in [0.4, 0.5) is 5.69 Å². The van der Waals surface area contributed by atoms with E-state index in [-0.39, 0.29) is 24.7 Å². The Morgan fingerprint density at radius 2 is 1.74 bits per heavy atom. The van der Waals surface area contributed by atoms with Gasteiger partial charge in [-0.1, -0.05) is 35.9 Å². The van der Waals surface area contributed by atoms with E-state index in [0.29, 0.717) is 28.8 Å².